The first-order chi connectivity index (χ1) is 9.08. The highest BCUT2D eigenvalue weighted by Crippen LogP contribution is 2.24. The van der Waals surface area contributed by atoms with E-state index >= 15 is 0 Å². The molecule has 106 valence electrons. The van der Waals surface area contributed by atoms with Crippen molar-refractivity contribution < 1.29 is 0 Å². The van der Waals surface area contributed by atoms with Crippen LogP contribution in [0.1, 0.15) is 17.5 Å². The molecule has 0 aromatic heterocycles. The first-order valence-electron chi connectivity index (χ1n) is 7.27. The molecule has 1 heterocycles. The van der Waals surface area contributed by atoms with Crippen molar-refractivity contribution in [3.63, 3.8) is 0 Å². The summed E-state index contributed by atoms with van der Waals surface area (Å²) in [6.07, 6.45) is 1.22. The molecule has 2 rings (SSSR count). The molecule has 0 saturated carbocycles. The van der Waals surface area contributed by atoms with Crippen molar-refractivity contribution in [2.24, 2.45) is 0 Å². The number of anilines is 1. The van der Waals surface area contributed by atoms with Crippen LogP contribution in [0.25, 0.3) is 0 Å². The first kappa shape index (κ1) is 14.4. The van der Waals surface area contributed by atoms with Crippen LogP contribution in [0.4, 0.5) is 5.69 Å². The lowest BCUT2D eigenvalue weighted by molar-refractivity contribution is 0.361. The van der Waals surface area contributed by atoms with Crippen molar-refractivity contribution in [3.8, 4) is 0 Å². The lowest BCUT2D eigenvalue weighted by Gasteiger charge is -2.34. The second-order valence-electron chi connectivity index (χ2n) is 5.96. The van der Waals surface area contributed by atoms with Crippen LogP contribution in [0.15, 0.2) is 18.2 Å². The van der Waals surface area contributed by atoms with Gasteiger partial charge < -0.3 is 15.1 Å². The van der Waals surface area contributed by atoms with Gasteiger partial charge in [0.15, 0.2) is 0 Å². The monoisotopic (exact) mass is 261 g/mol. The zero-order valence-electron chi connectivity index (χ0n) is 12.7. The second kappa shape index (κ2) is 6.40. The topological polar surface area (TPSA) is 18.5 Å². The maximum atomic E-state index is 3.56. The van der Waals surface area contributed by atoms with E-state index in [1.807, 2.05) is 0 Å². The van der Waals surface area contributed by atoms with Crippen LogP contribution >= 0.6 is 0 Å². The SMILES string of the molecule is Cc1ccc(N2CCCNCC2CN(C)C)c(C)c1. The molecule has 0 spiro atoms. The summed E-state index contributed by atoms with van der Waals surface area (Å²) >= 11 is 0. The molecule has 1 unspecified atom stereocenters. The van der Waals surface area contributed by atoms with E-state index in [9.17, 15) is 0 Å². The molecule has 1 aliphatic heterocycles. The standard InChI is InChI=1S/C16H27N3/c1-13-6-7-16(14(2)10-13)19-9-5-8-17-11-15(19)12-18(3)4/h6-7,10,15,17H,5,8-9,11-12H2,1-4H3. The summed E-state index contributed by atoms with van der Waals surface area (Å²) in [5.41, 5.74) is 4.14. The van der Waals surface area contributed by atoms with Gasteiger partial charge in [-0.05, 0) is 52.5 Å². The quantitative estimate of drug-likeness (QED) is 0.898. The highest BCUT2D eigenvalue weighted by molar-refractivity contribution is 5.55. The molecule has 1 atom stereocenters. The fourth-order valence-corrected chi connectivity index (χ4v) is 2.97. The molecule has 1 saturated heterocycles. The molecule has 0 radical (unpaired) electrons. The van der Waals surface area contributed by atoms with Gasteiger partial charge in [0.05, 0.1) is 6.04 Å². The van der Waals surface area contributed by atoms with E-state index in [0.717, 1.165) is 26.2 Å². The van der Waals surface area contributed by atoms with Gasteiger partial charge in [0, 0.05) is 25.3 Å². The molecule has 0 aliphatic carbocycles. The molecule has 0 amide bonds. The Bertz CT molecular complexity index is 414. The average Bonchev–Trinajstić information content (AvgIpc) is 2.54. The van der Waals surface area contributed by atoms with Gasteiger partial charge in [-0.15, -0.1) is 0 Å². The van der Waals surface area contributed by atoms with E-state index in [1.54, 1.807) is 0 Å². The third-order valence-electron chi connectivity index (χ3n) is 3.81. The Kier molecular flexibility index (Phi) is 4.83. The van der Waals surface area contributed by atoms with E-state index in [1.165, 1.54) is 23.2 Å². The third-order valence-corrected chi connectivity index (χ3v) is 3.81. The molecular formula is C16H27N3. The number of benzene rings is 1. The van der Waals surface area contributed by atoms with Crippen LogP contribution in [-0.4, -0.2) is 51.2 Å². The molecule has 1 fully saturated rings. The van der Waals surface area contributed by atoms with Crippen molar-refractivity contribution in [2.45, 2.75) is 26.3 Å². The van der Waals surface area contributed by atoms with E-state index in [-0.39, 0.29) is 0 Å². The fraction of sp³-hybridized carbons (Fsp3) is 0.625. The summed E-state index contributed by atoms with van der Waals surface area (Å²) in [5.74, 6) is 0. The molecule has 1 N–H and O–H groups in total. The molecule has 1 aromatic rings. The number of aryl methyl sites for hydroxylation is 2. The molecule has 3 heteroatoms. The Hall–Kier alpha value is -1.06. The van der Waals surface area contributed by atoms with Gasteiger partial charge in [0.25, 0.3) is 0 Å². The van der Waals surface area contributed by atoms with Gasteiger partial charge in [-0.25, -0.2) is 0 Å². The maximum Gasteiger partial charge on any atom is 0.0541 e. The Morgan fingerprint density at radius 1 is 1.32 bits per heavy atom. The van der Waals surface area contributed by atoms with Gasteiger partial charge in [0.1, 0.15) is 0 Å². The molecule has 0 bridgehead atoms. The summed E-state index contributed by atoms with van der Waals surface area (Å²) in [4.78, 5) is 4.88. The largest absolute Gasteiger partial charge is 0.366 e. The summed E-state index contributed by atoms with van der Waals surface area (Å²) in [7, 11) is 4.32. The maximum absolute atomic E-state index is 3.56. The summed E-state index contributed by atoms with van der Waals surface area (Å²) in [5, 5.41) is 3.56. The number of hydrogen-bond donors (Lipinski definition) is 1. The first-order valence-corrected chi connectivity index (χ1v) is 7.27. The minimum atomic E-state index is 0.555. The van der Waals surface area contributed by atoms with Gasteiger partial charge in [-0.2, -0.15) is 0 Å². The normalized spacial score (nSPS) is 20.7. The highest BCUT2D eigenvalue weighted by atomic mass is 15.2. The number of likely N-dealkylation sites (N-methyl/N-ethyl adjacent to an activating group) is 1. The molecule has 1 aromatic carbocycles. The number of rotatable bonds is 3. The van der Waals surface area contributed by atoms with Crippen LogP contribution in [0, 0.1) is 13.8 Å². The Labute approximate surface area is 117 Å². The van der Waals surface area contributed by atoms with Crippen molar-refractivity contribution in [3.05, 3.63) is 29.3 Å². The van der Waals surface area contributed by atoms with Crippen LogP contribution in [0.2, 0.25) is 0 Å². The summed E-state index contributed by atoms with van der Waals surface area (Å²) < 4.78 is 0. The molecule has 1 aliphatic rings. The second-order valence-corrected chi connectivity index (χ2v) is 5.96. The van der Waals surface area contributed by atoms with Crippen LogP contribution in [0.5, 0.6) is 0 Å². The fourth-order valence-electron chi connectivity index (χ4n) is 2.97. The number of hydrogen-bond acceptors (Lipinski definition) is 3. The zero-order chi connectivity index (χ0) is 13.8. The molecule has 19 heavy (non-hydrogen) atoms. The van der Waals surface area contributed by atoms with Crippen molar-refractivity contribution in [1.82, 2.24) is 10.2 Å². The Morgan fingerprint density at radius 2 is 2.11 bits per heavy atom. The van der Waals surface area contributed by atoms with Gasteiger partial charge in [0.2, 0.25) is 0 Å². The van der Waals surface area contributed by atoms with E-state index in [2.05, 4.69) is 61.3 Å². The minimum Gasteiger partial charge on any atom is -0.366 e. The number of nitrogens with zero attached hydrogens (tertiary/aromatic N) is 2. The highest BCUT2D eigenvalue weighted by Gasteiger charge is 2.22. The molecular weight excluding hydrogens is 234 g/mol. The average molecular weight is 261 g/mol. The molecule has 3 nitrogen and oxygen atoms in total. The lowest BCUT2D eigenvalue weighted by atomic mass is 10.1. The predicted molar refractivity (Wildman–Crippen MR) is 83.1 cm³/mol. The minimum absolute atomic E-state index is 0.555. The van der Waals surface area contributed by atoms with Gasteiger partial charge >= 0.3 is 0 Å². The van der Waals surface area contributed by atoms with Crippen molar-refractivity contribution >= 4 is 5.69 Å². The van der Waals surface area contributed by atoms with E-state index in [0.29, 0.717) is 6.04 Å². The van der Waals surface area contributed by atoms with Crippen LogP contribution in [0.3, 0.4) is 0 Å². The van der Waals surface area contributed by atoms with E-state index in [4.69, 9.17) is 0 Å². The summed E-state index contributed by atoms with van der Waals surface area (Å²) in [6, 6.07) is 7.37. The lowest BCUT2D eigenvalue weighted by Crippen LogP contribution is -2.46. The third kappa shape index (κ3) is 3.71. The van der Waals surface area contributed by atoms with Gasteiger partial charge in [-0.1, -0.05) is 17.7 Å². The van der Waals surface area contributed by atoms with Crippen LogP contribution in [-0.2, 0) is 0 Å². The smallest absolute Gasteiger partial charge is 0.0541 e. The zero-order valence-corrected chi connectivity index (χ0v) is 12.7. The van der Waals surface area contributed by atoms with Gasteiger partial charge in [-0.3, -0.25) is 0 Å². The van der Waals surface area contributed by atoms with Crippen molar-refractivity contribution in [1.29, 1.82) is 0 Å². The Balaban J connectivity index is 2.25. The van der Waals surface area contributed by atoms with Crippen molar-refractivity contribution in [2.75, 3.05) is 45.2 Å². The predicted octanol–water partition coefficient (Wildman–Crippen LogP) is 2.03. The number of nitrogens with one attached hydrogen (secondary N) is 1. The Morgan fingerprint density at radius 3 is 2.79 bits per heavy atom. The summed E-state index contributed by atoms with van der Waals surface area (Å²) in [6.45, 7) is 8.85. The van der Waals surface area contributed by atoms with Crippen LogP contribution < -0.4 is 10.2 Å². The van der Waals surface area contributed by atoms with E-state index < -0.39 is 0 Å².